The molecule has 4 aromatic rings. The highest BCUT2D eigenvalue weighted by Crippen LogP contribution is 2.30. The Morgan fingerprint density at radius 2 is 1.67 bits per heavy atom. The maximum absolute atomic E-state index is 12.2. The van der Waals surface area contributed by atoms with Crippen molar-refractivity contribution >= 4 is 39.9 Å². The summed E-state index contributed by atoms with van der Waals surface area (Å²) in [7, 11) is 0. The number of carbonyl (C=O) groups excluding carboxylic acids is 1. The first kappa shape index (κ1) is 15.6. The van der Waals surface area contributed by atoms with E-state index in [9.17, 15) is 4.79 Å². The quantitative estimate of drug-likeness (QED) is 0.366. The monoisotopic (exact) mass is 353 g/mol. The number of ether oxygens (including phenoxy) is 1. The van der Waals surface area contributed by atoms with Crippen molar-refractivity contribution in [3.8, 4) is 0 Å². The van der Waals surface area contributed by atoms with Crippen LogP contribution >= 0.6 is 0 Å². The molecule has 0 unspecified atom stereocenters. The molecule has 1 aliphatic rings. The second-order valence-corrected chi connectivity index (χ2v) is 6.56. The van der Waals surface area contributed by atoms with Crippen molar-refractivity contribution in [3.63, 3.8) is 0 Å². The van der Waals surface area contributed by atoms with Crippen molar-refractivity contribution in [2.24, 2.45) is 4.99 Å². The molecule has 0 saturated carbocycles. The first-order valence-electron chi connectivity index (χ1n) is 8.68. The van der Waals surface area contributed by atoms with Crippen molar-refractivity contribution in [2.45, 2.75) is 6.92 Å². The molecule has 1 aromatic heterocycles. The van der Waals surface area contributed by atoms with Crippen LogP contribution in [0.25, 0.3) is 28.0 Å². The Kier molecular flexibility index (Phi) is 3.44. The molecule has 3 aromatic carbocycles. The largest absolute Gasteiger partial charge is 0.456 e. The predicted octanol–water partition coefficient (Wildman–Crippen LogP) is 5.24. The van der Waals surface area contributed by atoms with Crippen LogP contribution < -0.4 is 0 Å². The maximum atomic E-state index is 12.2. The Bertz CT molecular complexity index is 1260. The molecule has 4 heteroatoms. The third kappa shape index (κ3) is 2.72. The normalized spacial score (nSPS) is 15.5. The molecule has 4 nitrogen and oxygen atoms in total. The summed E-state index contributed by atoms with van der Waals surface area (Å²) < 4.78 is 11.2. The smallest absolute Gasteiger partial charge is 0.363 e. The van der Waals surface area contributed by atoms with E-state index >= 15 is 0 Å². The summed E-state index contributed by atoms with van der Waals surface area (Å²) in [6.45, 7) is 2.01. The highest BCUT2D eigenvalue weighted by Gasteiger charge is 2.24. The molecule has 0 atom stereocenters. The van der Waals surface area contributed by atoms with Crippen LogP contribution in [0.3, 0.4) is 0 Å². The van der Waals surface area contributed by atoms with Gasteiger partial charge < -0.3 is 9.15 Å². The molecule has 0 aliphatic carbocycles. The highest BCUT2D eigenvalue weighted by molar-refractivity contribution is 6.13. The predicted molar refractivity (Wildman–Crippen MR) is 106 cm³/mol. The molecule has 5 rings (SSSR count). The lowest BCUT2D eigenvalue weighted by Gasteiger charge is -1.99. The van der Waals surface area contributed by atoms with E-state index in [2.05, 4.69) is 4.99 Å². The molecule has 0 bridgehead atoms. The van der Waals surface area contributed by atoms with Gasteiger partial charge in [0, 0.05) is 16.3 Å². The van der Waals surface area contributed by atoms with E-state index in [1.54, 1.807) is 6.08 Å². The lowest BCUT2D eigenvalue weighted by molar-refractivity contribution is -0.129. The second-order valence-electron chi connectivity index (χ2n) is 6.56. The maximum Gasteiger partial charge on any atom is 0.363 e. The number of aryl methyl sites for hydroxylation is 1. The second kappa shape index (κ2) is 5.95. The van der Waals surface area contributed by atoms with E-state index in [1.807, 2.05) is 73.7 Å². The topological polar surface area (TPSA) is 51.8 Å². The van der Waals surface area contributed by atoms with E-state index in [1.165, 1.54) is 0 Å². The Morgan fingerprint density at radius 3 is 2.52 bits per heavy atom. The first-order chi connectivity index (χ1) is 13.2. The van der Waals surface area contributed by atoms with Crippen molar-refractivity contribution in [1.82, 2.24) is 0 Å². The third-order valence-electron chi connectivity index (χ3n) is 4.62. The summed E-state index contributed by atoms with van der Waals surface area (Å²) >= 11 is 0. The molecular formula is C23H15NO3. The van der Waals surface area contributed by atoms with Crippen LogP contribution in [0.4, 0.5) is 0 Å². The number of para-hydroxylation sites is 1. The number of cyclic esters (lactones) is 1. The standard InChI is InChI=1S/C23H15NO3/c1-14-6-9-16(10-7-14)22-24-19(23(25)27-22)13-15-8-11-21-18(12-15)17-4-2-3-5-20(17)26-21/h2-13H,1H3. The van der Waals surface area contributed by atoms with Crippen LogP contribution in [0.5, 0.6) is 0 Å². The number of carbonyl (C=O) groups is 1. The molecule has 0 fully saturated rings. The number of aliphatic imine (C=N–C) groups is 1. The summed E-state index contributed by atoms with van der Waals surface area (Å²) in [5.74, 6) is -0.108. The summed E-state index contributed by atoms with van der Waals surface area (Å²) in [4.78, 5) is 16.6. The van der Waals surface area contributed by atoms with Gasteiger partial charge in [-0.25, -0.2) is 9.79 Å². The number of esters is 1. The van der Waals surface area contributed by atoms with Gasteiger partial charge in [0.2, 0.25) is 5.90 Å². The zero-order valence-electron chi connectivity index (χ0n) is 14.6. The van der Waals surface area contributed by atoms with Gasteiger partial charge in [0.15, 0.2) is 5.70 Å². The van der Waals surface area contributed by atoms with Gasteiger partial charge in [-0.2, -0.15) is 0 Å². The summed E-state index contributed by atoms with van der Waals surface area (Å²) in [5.41, 5.74) is 4.75. The van der Waals surface area contributed by atoms with E-state index in [0.717, 1.165) is 38.6 Å². The molecule has 0 saturated heterocycles. The molecular weight excluding hydrogens is 338 g/mol. The molecule has 0 radical (unpaired) electrons. The van der Waals surface area contributed by atoms with Gasteiger partial charge in [-0.1, -0.05) is 42.0 Å². The highest BCUT2D eigenvalue weighted by atomic mass is 16.6. The lowest BCUT2D eigenvalue weighted by atomic mass is 10.1. The number of fused-ring (bicyclic) bond motifs is 3. The molecule has 130 valence electrons. The summed E-state index contributed by atoms with van der Waals surface area (Å²) in [6.07, 6.45) is 1.74. The van der Waals surface area contributed by atoms with Gasteiger partial charge in [-0.3, -0.25) is 0 Å². The Balaban J connectivity index is 1.56. The zero-order chi connectivity index (χ0) is 18.4. The first-order valence-corrected chi connectivity index (χ1v) is 8.68. The lowest BCUT2D eigenvalue weighted by Crippen LogP contribution is -2.05. The van der Waals surface area contributed by atoms with Crippen LogP contribution in [-0.2, 0) is 9.53 Å². The molecule has 0 N–H and O–H groups in total. The minimum Gasteiger partial charge on any atom is -0.456 e. The molecule has 27 heavy (non-hydrogen) atoms. The van der Waals surface area contributed by atoms with Crippen molar-refractivity contribution in [1.29, 1.82) is 0 Å². The van der Waals surface area contributed by atoms with Crippen LogP contribution in [0.2, 0.25) is 0 Å². The fourth-order valence-electron chi connectivity index (χ4n) is 3.22. The van der Waals surface area contributed by atoms with Crippen molar-refractivity contribution in [3.05, 3.63) is 89.1 Å². The van der Waals surface area contributed by atoms with Gasteiger partial charge in [-0.05, 0) is 48.9 Å². The van der Waals surface area contributed by atoms with E-state index in [4.69, 9.17) is 9.15 Å². The van der Waals surface area contributed by atoms with Crippen molar-refractivity contribution in [2.75, 3.05) is 0 Å². The van der Waals surface area contributed by atoms with Crippen molar-refractivity contribution < 1.29 is 13.9 Å². The number of hydrogen-bond acceptors (Lipinski definition) is 4. The minimum atomic E-state index is -0.442. The zero-order valence-corrected chi connectivity index (χ0v) is 14.6. The average molecular weight is 353 g/mol. The van der Waals surface area contributed by atoms with Gasteiger partial charge in [0.25, 0.3) is 0 Å². The minimum absolute atomic E-state index is 0.290. The number of hydrogen-bond donors (Lipinski definition) is 0. The van der Waals surface area contributed by atoms with E-state index in [-0.39, 0.29) is 5.70 Å². The number of furan rings is 1. The third-order valence-corrected chi connectivity index (χ3v) is 4.62. The van der Waals surface area contributed by atoms with Gasteiger partial charge in [0.05, 0.1) is 0 Å². The molecule has 2 heterocycles. The molecule has 0 amide bonds. The number of benzene rings is 3. The molecule has 0 spiro atoms. The number of nitrogens with zero attached hydrogens (tertiary/aromatic N) is 1. The van der Waals surface area contributed by atoms with E-state index < -0.39 is 5.97 Å². The Labute approximate surface area is 155 Å². The summed E-state index contributed by atoms with van der Waals surface area (Å²) in [5, 5.41) is 2.06. The average Bonchev–Trinajstić information content (AvgIpc) is 3.23. The van der Waals surface area contributed by atoms with Gasteiger partial charge in [0.1, 0.15) is 11.2 Å². The Morgan fingerprint density at radius 1 is 0.889 bits per heavy atom. The van der Waals surface area contributed by atoms with Gasteiger partial charge in [-0.15, -0.1) is 0 Å². The van der Waals surface area contributed by atoms with Crippen LogP contribution in [0.1, 0.15) is 16.7 Å². The fourth-order valence-corrected chi connectivity index (χ4v) is 3.22. The van der Waals surface area contributed by atoms with Crippen LogP contribution in [0, 0.1) is 6.92 Å². The SMILES string of the molecule is Cc1ccc(C2=NC(=Cc3ccc4oc5ccccc5c4c3)C(=O)O2)cc1. The van der Waals surface area contributed by atoms with Gasteiger partial charge >= 0.3 is 5.97 Å². The fraction of sp³-hybridized carbons (Fsp3) is 0.0435. The van der Waals surface area contributed by atoms with Crippen LogP contribution in [-0.4, -0.2) is 11.9 Å². The van der Waals surface area contributed by atoms with E-state index in [0.29, 0.717) is 5.90 Å². The molecule has 1 aliphatic heterocycles. The summed E-state index contributed by atoms with van der Waals surface area (Å²) in [6, 6.07) is 21.4. The Hall–Kier alpha value is -3.66. The number of rotatable bonds is 2. The van der Waals surface area contributed by atoms with Crippen LogP contribution in [0.15, 0.2) is 81.8 Å².